The molecule has 3 nitrogen and oxygen atoms in total. The van der Waals surface area contributed by atoms with Crippen molar-refractivity contribution in [2.45, 2.75) is 0 Å². The summed E-state index contributed by atoms with van der Waals surface area (Å²) in [5.74, 6) is 1.00. The zero-order valence-corrected chi connectivity index (χ0v) is 21.0. The van der Waals surface area contributed by atoms with E-state index < -0.39 is 19.8 Å². The van der Waals surface area contributed by atoms with Crippen LogP contribution in [0.2, 0.25) is 0 Å². The van der Waals surface area contributed by atoms with Crippen molar-refractivity contribution in [1.82, 2.24) is 4.98 Å². The van der Waals surface area contributed by atoms with Crippen LogP contribution in [0.4, 0.5) is 11.5 Å². The average Bonchev–Trinajstić information content (AvgIpc) is 2.85. The van der Waals surface area contributed by atoms with E-state index in [-0.39, 0.29) is 0 Å². The fourth-order valence-corrected chi connectivity index (χ4v) is 11.5. The first-order valence-corrected chi connectivity index (χ1v) is 15.8. The van der Waals surface area contributed by atoms with E-state index in [2.05, 4.69) is 106 Å². The SMILES string of the molecule is ICI1CN=c2cc(-c3ccccc3)cc3c2=C1N(c1ccccn1)c1ccccc1-3. The second-order valence-corrected chi connectivity index (χ2v) is 16.2. The van der Waals surface area contributed by atoms with Crippen LogP contribution in [0.5, 0.6) is 0 Å². The first-order valence-electron chi connectivity index (χ1n) is 10.1. The molecule has 0 aliphatic carbocycles. The molecule has 0 amide bonds. The molecule has 152 valence electrons. The maximum atomic E-state index is 5.12. The number of fused-ring (bicyclic) bond motifs is 2. The van der Waals surface area contributed by atoms with Crippen molar-refractivity contribution in [2.75, 3.05) is 11.9 Å². The van der Waals surface area contributed by atoms with Crippen LogP contribution >= 0.6 is 42.4 Å². The van der Waals surface area contributed by atoms with Gasteiger partial charge in [0.05, 0.1) is 0 Å². The molecular formula is C26H19I2N3. The molecule has 3 aromatic carbocycles. The molecule has 2 aliphatic heterocycles. The molecule has 0 fully saturated rings. The summed E-state index contributed by atoms with van der Waals surface area (Å²) in [5, 5.41) is 2.46. The fraction of sp³-hybridized carbons (Fsp3) is 0.0769. The summed E-state index contributed by atoms with van der Waals surface area (Å²) < 4.78 is 3.61. The molecule has 5 heteroatoms. The molecule has 1 aromatic heterocycles. The number of rotatable bonds is 3. The van der Waals surface area contributed by atoms with Gasteiger partial charge in [-0.05, 0) is 0 Å². The Morgan fingerprint density at radius 1 is 0.839 bits per heavy atom. The molecule has 0 N–H and O–H groups in total. The molecule has 2 aliphatic rings. The topological polar surface area (TPSA) is 28.5 Å². The van der Waals surface area contributed by atoms with Gasteiger partial charge in [0.15, 0.2) is 0 Å². The van der Waals surface area contributed by atoms with E-state index in [0.29, 0.717) is 0 Å². The van der Waals surface area contributed by atoms with Crippen molar-refractivity contribution in [3.8, 4) is 22.3 Å². The van der Waals surface area contributed by atoms with Crippen LogP contribution in [0.15, 0.2) is 96.1 Å². The van der Waals surface area contributed by atoms with Gasteiger partial charge >= 0.3 is 203 Å². The van der Waals surface area contributed by atoms with Gasteiger partial charge in [-0.25, -0.2) is 0 Å². The third kappa shape index (κ3) is 3.20. The Kier molecular flexibility index (Phi) is 5.02. The summed E-state index contributed by atoms with van der Waals surface area (Å²) in [4.78, 5) is 12.3. The molecule has 4 aromatic rings. The Hall–Kier alpha value is -2.26. The quantitative estimate of drug-likeness (QED) is 0.156. The van der Waals surface area contributed by atoms with Crippen LogP contribution in [0.3, 0.4) is 0 Å². The van der Waals surface area contributed by atoms with Crippen LogP contribution in [0.1, 0.15) is 0 Å². The van der Waals surface area contributed by atoms with E-state index in [1.807, 2.05) is 12.3 Å². The minimum absolute atomic E-state index is 0.957. The Morgan fingerprint density at radius 2 is 1.65 bits per heavy atom. The number of hydrogen-bond donors (Lipinski definition) is 0. The summed E-state index contributed by atoms with van der Waals surface area (Å²) in [6.45, 7) is 0. The van der Waals surface area contributed by atoms with Gasteiger partial charge in [0.2, 0.25) is 0 Å². The first-order chi connectivity index (χ1) is 15.3. The fourth-order valence-electron chi connectivity index (χ4n) is 4.33. The van der Waals surface area contributed by atoms with Crippen molar-refractivity contribution >= 4 is 57.6 Å². The minimum atomic E-state index is -1.50. The second kappa shape index (κ2) is 8.02. The van der Waals surface area contributed by atoms with Crippen LogP contribution in [-0.4, -0.2) is 12.0 Å². The van der Waals surface area contributed by atoms with Gasteiger partial charge in [0, 0.05) is 0 Å². The molecule has 0 unspecified atom stereocenters. The van der Waals surface area contributed by atoms with Gasteiger partial charge in [-0.15, -0.1) is 0 Å². The number of para-hydroxylation sites is 1. The molecule has 0 saturated heterocycles. The number of nitrogens with zero attached hydrogens (tertiary/aromatic N) is 3. The molecule has 0 spiro atoms. The van der Waals surface area contributed by atoms with Crippen LogP contribution in [-0.2, 0) is 0 Å². The zero-order chi connectivity index (χ0) is 20.8. The summed E-state index contributed by atoms with van der Waals surface area (Å²) in [6.07, 6.45) is 1.89. The van der Waals surface area contributed by atoms with Gasteiger partial charge < -0.3 is 0 Å². The first kappa shape index (κ1) is 19.4. The second-order valence-electron chi connectivity index (χ2n) is 7.45. The third-order valence-corrected chi connectivity index (χ3v) is 14.7. The monoisotopic (exact) mass is 627 g/mol. The van der Waals surface area contributed by atoms with E-state index in [0.717, 1.165) is 15.7 Å². The third-order valence-electron chi connectivity index (χ3n) is 5.69. The summed E-state index contributed by atoms with van der Waals surface area (Å²) in [7, 11) is 0. The maximum absolute atomic E-state index is 5.12. The van der Waals surface area contributed by atoms with Gasteiger partial charge in [-0.3, -0.25) is 0 Å². The Morgan fingerprint density at radius 3 is 2.45 bits per heavy atom. The number of anilines is 2. The van der Waals surface area contributed by atoms with E-state index >= 15 is 0 Å². The van der Waals surface area contributed by atoms with Crippen LogP contribution in [0.25, 0.3) is 26.0 Å². The van der Waals surface area contributed by atoms with Crippen molar-refractivity contribution in [2.24, 2.45) is 4.99 Å². The molecule has 0 radical (unpaired) electrons. The summed E-state index contributed by atoms with van der Waals surface area (Å²) in [5.41, 5.74) is 6.26. The molecule has 0 saturated carbocycles. The van der Waals surface area contributed by atoms with E-state index in [1.165, 1.54) is 39.3 Å². The Bertz CT molecular complexity index is 1400. The Balaban J connectivity index is 1.74. The van der Waals surface area contributed by atoms with Gasteiger partial charge in [-0.2, -0.15) is 0 Å². The molecule has 3 heterocycles. The van der Waals surface area contributed by atoms with Gasteiger partial charge in [0.25, 0.3) is 0 Å². The van der Waals surface area contributed by atoms with Crippen molar-refractivity contribution in [1.29, 1.82) is 0 Å². The van der Waals surface area contributed by atoms with Crippen LogP contribution < -0.4 is 15.5 Å². The number of halogens is 2. The molecule has 31 heavy (non-hydrogen) atoms. The number of aromatic nitrogens is 1. The van der Waals surface area contributed by atoms with Crippen molar-refractivity contribution in [3.05, 3.63) is 102 Å². The number of benzene rings is 3. The van der Waals surface area contributed by atoms with E-state index in [9.17, 15) is 0 Å². The van der Waals surface area contributed by atoms with Gasteiger partial charge in [-0.1, -0.05) is 0 Å². The molecule has 6 rings (SSSR count). The standard InChI is InChI=1S/C26H19I2N3/c27-16-28-17-30-22-15-19(18-8-2-1-3-9-18)14-21-20-10-4-5-11-23(20)31(26(28)25(21)22)24-12-6-7-13-29-24/h1-15H,16-17H2. The predicted molar refractivity (Wildman–Crippen MR) is 146 cm³/mol. The average molecular weight is 627 g/mol. The predicted octanol–water partition coefficient (Wildman–Crippen LogP) is 6.12. The van der Waals surface area contributed by atoms with Gasteiger partial charge in [0.1, 0.15) is 0 Å². The van der Waals surface area contributed by atoms with E-state index in [4.69, 9.17) is 9.98 Å². The summed E-state index contributed by atoms with van der Waals surface area (Å²) in [6, 6.07) is 30.2. The van der Waals surface area contributed by atoms with Crippen LogP contribution in [0, 0.1) is 0 Å². The number of pyridine rings is 1. The molecular weight excluding hydrogens is 608 g/mol. The zero-order valence-electron chi connectivity index (χ0n) is 16.7. The molecule has 0 atom stereocenters. The van der Waals surface area contributed by atoms with Crippen molar-refractivity contribution in [3.63, 3.8) is 0 Å². The van der Waals surface area contributed by atoms with Crippen molar-refractivity contribution < 1.29 is 0 Å². The number of hydrogen-bond acceptors (Lipinski definition) is 3. The number of alkyl halides is 3. The van der Waals surface area contributed by atoms with E-state index in [1.54, 1.807) is 0 Å². The molecule has 0 bridgehead atoms. The Labute approximate surface area is 202 Å². The summed E-state index contributed by atoms with van der Waals surface area (Å²) >= 11 is 1.07. The normalized spacial score (nSPS) is 15.2.